The maximum atomic E-state index is 12.8. The van der Waals surface area contributed by atoms with Crippen molar-refractivity contribution in [3.8, 4) is 11.1 Å². The van der Waals surface area contributed by atoms with Crippen LogP contribution in [-0.2, 0) is 6.42 Å². The SMILES string of the molecule is NCCc1cncc(-c2ccc(F)cc2)c1. The van der Waals surface area contributed by atoms with Gasteiger partial charge in [-0.25, -0.2) is 4.39 Å². The highest BCUT2D eigenvalue weighted by molar-refractivity contribution is 5.62. The third-order valence-corrected chi connectivity index (χ3v) is 2.41. The second-order valence-electron chi connectivity index (χ2n) is 3.63. The second-order valence-corrected chi connectivity index (χ2v) is 3.63. The molecule has 0 aliphatic rings. The van der Waals surface area contributed by atoms with Crippen LogP contribution in [0, 0.1) is 5.82 Å². The quantitative estimate of drug-likeness (QED) is 0.855. The minimum absolute atomic E-state index is 0.227. The van der Waals surface area contributed by atoms with Gasteiger partial charge in [0, 0.05) is 18.0 Å². The van der Waals surface area contributed by atoms with E-state index in [-0.39, 0.29) is 5.82 Å². The topological polar surface area (TPSA) is 38.9 Å². The highest BCUT2D eigenvalue weighted by Gasteiger charge is 2.00. The van der Waals surface area contributed by atoms with Crippen molar-refractivity contribution < 1.29 is 4.39 Å². The summed E-state index contributed by atoms with van der Waals surface area (Å²) in [6.07, 6.45) is 4.38. The van der Waals surface area contributed by atoms with E-state index >= 15 is 0 Å². The number of aromatic nitrogens is 1. The molecule has 0 aliphatic carbocycles. The van der Waals surface area contributed by atoms with E-state index in [0.717, 1.165) is 23.1 Å². The Balaban J connectivity index is 2.32. The number of nitrogens with two attached hydrogens (primary N) is 1. The monoisotopic (exact) mass is 216 g/mol. The number of benzene rings is 1. The zero-order chi connectivity index (χ0) is 11.4. The van der Waals surface area contributed by atoms with Gasteiger partial charge in [-0.05, 0) is 42.3 Å². The van der Waals surface area contributed by atoms with Crippen molar-refractivity contribution in [1.29, 1.82) is 0 Å². The Bertz CT molecular complexity index is 466. The summed E-state index contributed by atoms with van der Waals surface area (Å²) in [4.78, 5) is 4.15. The van der Waals surface area contributed by atoms with E-state index in [4.69, 9.17) is 5.73 Å². The molecule has 1 aromatic carbocycles. The number of hydrogen-bond acceptors (Lipinski definition) is 2. The highest BCUT2D eigenvalue weighted by Crippen LogP contribution is 2.19. The van der Waals surface area contributed by atoms with E-state index in [1.165, 1.54) is 12.1 Å². The standard InChI is InChI=1S/C13H13FN2/c14-13-3-1-11(2-4-13)12-7-10(5-6-15)8-16-9-12/h1-4,7-9H,5-6,15H2. The summed E-state index contributed by atoms with van der Waals surface area (Å²) in [5.41, 5.74) is 8.55. The molecule has 82 valence electrons. The summed E-state index contributed by atoms with van der Waals surface area (Å²) in [7, 11) is 0. The molecule has 0 amide bonds. The Kier molecular flexibility index (Phi) is 3.27. The summed E-state index contributed by atoms with van der Waals surface area (Å²) >= 11 is 0. The zero-order valence-electron chi connectivity index (χ0n) is 8.86. The third-order valence-electron chi connectivity index (χ3n) is 2.41. The molecule has 0 fully saturated rings. The molecule has 0 spiro atoms. The first kappa shape index (κ1) is 10.8. The largest absolute Gasteiger partial charge is 0.330 e. The fourth-order valence-corrected chi connectivity index (χ4v) is 1.59. The van der Waals surface area contributed by atoms with Crippen LogP contribution in [-0.4, -0.2) is 11.5 Å². The smallest absolute Gasteiger partial charge is 0.123 e. The molecule has 0 aliphatic heterocycles. The summed E-state index contributed by atoms with van der Waals surface area (Å²) in [5.74, 6) is -0.227. The van der Waals surface area contributed by atoms with Crippen molar-refractivity contribution in [3.05, 3.63) is 54.1 Å². The van der Waals surface area contributed by atoms with E-state index < -0.39 is 0 Å². The van der Waals surface area contributed by atoms with E-state index in [1.807, 2.05) is 6.07 Å². The predicted molar refractivity (Wildman–Crippen MR) is 62.4 cm³/mol. The number of hydrogen-bond donors (Lipinski definition) is 1. The first-order valence-corrected chi connectivity index (χ1v) is 5.19. The van der Waals surface area contributed by atoms with Crippen LogP contribution in [0.1, 0.15) is 5.56 Å². The number of rotatable bonds is 3. The van der Waals surface area contributed by atoms with Crippen LogP contribution in [0.25, 0.3) is 11.1 Å². The Morgan fingerprint density at radius 2 is 1.81 bits per heavy atom. The van der Waals surface area contributed by atoms with Crippen LogP contribution in [0.4, 0.5) is 4.39 Å². The molecule has 0 saturated carbocycles. The van der Waals surface area contributed by atoms with Gasteiger partial charge in [0.1, 0.15) is 5.82 Å². The van der Waals surface area contributed by atoms with Gasteiger partial charge in [-0.2, -0.15) is 0 Å². The van der Waals surface area contributed by atoms with Gasteiger partial charge in [-0.3, -0.25) is 4.98 Å². The van der Waals surface area contributed by atoms with Crippen LogP contribution in [0.3, 0.4) is 0 Å². The van der Waals surface area contributed by atoms with Gasteiger partial charge in [-0.1, -0.05) is 12.1 Å². The highest BCUT2D eigenvalue weighted by atomic mass is 19.1. The summed E-state index contributed by atoms with van der Waals surface area (Å²) in [6.45, 7) is 0.606. The first-order chi connectivity index (χ1) is 7.79. The lowest BCUT2D eigenvalue weighted by atomic mass is 10.1. The minimum Gasteiger partial charge on any atom is -0.330 e. The first-order valence-electron chi connectivity index (χ1n) is 5.19. The molecule has 0 unspecified atom stereocenters. The molecule has 16 heavy (non-hydrogen) atoms. The van der Waals surface area contributed by atoms with Crippen LogP contribution in [0.2, 0.25) is 0 Å². The Hall–Kier alpha value is -1.74. The Morgan fingerprint density at radius 3 is 2.50 bits per heavy atom. The van der Waals surface area contributed by atoms with Gasteiger partial charge in [0.2, 0.25) is 0 Å². The van der Waals surface area contributed by atoms with Gasteiger partial charge < -0.3 is 5.73 Å². The van der Waals surface area contributed by atoms with Crippen molar-refractivity contribution in [3.63, 3.8) is 0 Å². The normalized spacial score (nSPS) is 10.4. The average Bonchev–Trinajstić information content (AvgIpc) is 2.31. The Labute approximate surface area is 93.9 Å². The predicted octanol–water partition coefficient (Wildman–Crippen LogP) is 2.39. The molecule has 2 N–H and O–H groups in total. The molecule has 0 bridgehead atoms. The van der Waals surface area contributed by atoms with Crippen molar-refractivity contribution >= 4 is 0 Å². The molecular weight excluding hydrogens is 203 g/mol. The lowest BCUT2D eigenvalue weighted by Gasteiger charge is -2.03. The fraction of sp³-hybridized carbons (Fsp3) is 0.154. The number of halogens is 1. The third kappa shape index (κ3) is 2.44. The van der Waals surface area contributed by atoms with Gasteiger partial charge in [0.25, 0.3) is 0 Å². The molecule has 1 aromatic heterocycles. The van der Waals surface area contributed by atoms with Gasteiger partial charge in [0.05, 0.1) is 0 Å². The van der Waals surface area contributed by atoms with Crippen LogP contribution < -0.4 is 5.73 Å². The summed E-state index contributed by atoms with van der Waals surface area (Å²) in [6, 6.07) is 8.43. The molecule has 0 atom stereocenters. The average molecular weight is 216 g/mol. The molecule has 2 aromatic rings. The summed E-state index contributed by atoms with van der Waals surface area (Å²) in [5, 5.41) is 0. The van der Waals surface area contributed by atoms with Crippen molar-refractivity contribution in [2.24, 2.45) is 5.73 Å². The van der Waals surface area contributed by atoms with E-state index in [2.05, 4.69) is 4.98 Å². The number of pyridine rings is 1. The van der Waals surface area contributed by atoms with Crippen molar-refractivity contribution in [2.75, 3.05) is 6.54 Å². The second kappa shape index (κ2) is 4.86. The van der Waals surface area contributed by atoms with Crippen LogP contribution in [0.5, 0.6) is 0 Å². The van der Waals surface area contributed by atoms with Gasteiger partial charge in [0.15, 0.2) is 0 Å². The maximum Gasteiger partial charge on any atom is 0.123 e. The molecule has 3 heteroatoms. The maximum absolute atomic E-state index is 12.8. The van der Waals surface area contributed by atoms with Gasteiger partial charge >= 0.3 is 0 Å². The molecular formula is C13H13FN2. The van der Waals surface area contributed by atoms with Crippen LogP contribution in [0.15, 0.2) is 42.7 Å². The zero-order valence-corrected chi connectivity index (χ0v) is 8.86. The van der Waals surface area contributed by atoms with E-state index in [9.17, 15) is 4.39 Å². The molecule has 1 heterocycles. The van der Waals surface area contributed by atoms with E-state index in [1.54, 1.807) is 24.5 Å². The van der Waals surface area contributed by atoms with Crippen molar-refractivity contribution in [2.45, 2.75) is 6.42 Å². The molecule has 2 rings (SSSR count). The van der Waals surface area contributed by atoms with Crippen molar-refractivity contribution in [1.82, 2.24) is 4.98 Å². The lowest BCUT2D eigenvalue weighted by Crippen LogP contribution is -2.02. The van der Waals surface area contributed by atoms with Gasteiger partial charge in [-0.15, -0.1) is 0 Å². The van der Waals surface area contributed by atoms with E-state index in [0.29, 0.717) is 6.54 Å². The minimum atomic E-state index is -0.227. The Morgan fingerprint density at radius 1 is 1.06 bits per heavy atom. The fourth-order valence-electron chi connectivity index (χ4n) is 1.59. The van der Waals surface area contributed by atoms with Crippen LogP contribution >= 0.6 is 0 Å². The lowest BCUT2D eigenvalue weighted by molar-refractivity contribution is 0.628. The molecule has 0 saturated heterocycles. The molecule has 2 nitrogen and oxygen atoms in total. The summed E-state index contributed by atoms with van der Waals surface area (Å²) < 4.78 is 12.8. The number of nitrogens with zero attached hydrogens (tertiary/aromatic N) is 1. The molecule has 0 radical (unpaired) electrons.